The van der Waals surface area contributed by atoms with Gasteiger partial charge in [-0.3, -0.25) is 4.79 Å². The van der Waals surface area contributed by atoms with Crippen LogP contribution in [0.25, 0.3) is 0 Å². The molecule has 0 saturated carbocycles. The van der Waals surface area contributed by atoms with Gasteiger partial charge in [-0.1, -0.05) is 17.7 Å². The molecule has 0 bridgehead atoms. The topological polar surface area (TPSA) is 70.7 Å². The summed E-state index contributed by atoms with van der Waals surface area (Å²) in [6.45, 7) is 4.71. The van der Waals surface area contributed by atoms with E-state index in [-0.39, 0.29) is 11.9 Å². The molecule has 138 valence electrons. The van der Waals surface area contributed by atoms with Crippen LogP contribution in [0.15, 0.2) is 24.3 Å². The van der Waals surface area contributed by atoms with Crippen molar-refractivity contribution < 1.29 is 14.3 Å². The average Bonchev–Trinajstić information content (AvgIpc) is 2.62. The molecule has 1 heterocycles. The molecule has 1 aromatic carbocycles. The fourth-order valence-corrected chi connectivity index (χ4v) is 2.96. The number of urea groups is 1. The number of benzene rings is 1. The Morgan fingerprint density at radius 3 is 2.52 bits per heavy atom. The van der Waals surface area contributed by atoms with Gasteiger partial charge in [-0.2, -0.15) is 0 Å². The number of anilines is 1. The van der Waals surface area contributed by atoms with Gasteiger partial charge in [0, 0.05) is 38.9 Å². The van der Waals surface area contributed by atoms with E-state index < -0.39 is 0 Å². The molecule has 2 rings (SSSR count). The molecule has 0 aromatic heterocycles. The zero-order valence-corrected chi connectivity index (χ0v) is 15.2. The molecule has 0 spiro atoms. The fourth-order valence-electron chi connectivity index (χ4n) is 2.96. The van der Waals surface area contributed by atoms with E-state index in [1.807, 2.05) is 36.1 Å². The Morgan fingerprint density at radius 2 is 1.88 bits per heavy atom. The molecule has 6 heteroatoms. The Hall–Kier alpha value is -2.08. The van der Waals surface area contributed by atoms with Crippen molar-refractivity contribution in [3.05, 3.63) is 29.8 Å². The maximum Gasteiger partial charge on any atom is 0.321 e. The summed E-state index contributed by atoms with van der Waals surface area (Å²) < 4.78 is 4.89. The Kier molecular flexibility index (Phi) is 7.73. The predicted molar refractivity (Wildman–Crippen MR) is 98.6 cm³/mol. The van der Waals surface area contributed by atoms with Crippen LogP contribution in [0.3, 0.4) is 0 Å². The summed E-state index contributed by atoms with van der Waals surface area (Å²) >= 11 is 0. The Balaban J connectivity index is 1.64. The number of nitrogens with one attached hydrogen (secondary N) is 2. The van der Waals surface area contributed by atoms with Crippen LogP contribution >= 0.6 is 0 Å². The number of aryl methyl sites for hydroxylation is 1. The van der Waals surface area contributed by atoms with E-state index in [0.29, 0.717) is 25.5 Å². The van der Waals surface area contributed by atoms with E-state index in [1.165, 1.54) is 5.56 Å². The van der Waals surface area contributed by atoms with E-state index in [4.69, 9.17) is 4.74 Å². The Morgan fingerprint density at radius 1 is 1.20 bits per heavy atom. The highest BCUT2D eigenvalue weighted by atomic mass is 16.5. The molecule has 1 aromatic rings. The van der Waals surface area contributed by atoms with E-state index in [0.717, 1.165) is 38.0 Å². The minimum absolute atomic E-state index is 0.0322. The number of amides is 3. The van der Waals surface area contributed by atoms with Crippen molar-refractivity contribution in [3.8, 4) is 0 Å². The lowest BCUT2D eigenvalue weighted by atomic mass is 9.93. The lowest BCUT2D eigenvalue weighted by Crippen LogP contribution is -2.41. The number of rotatable bonds is 7. The summed E-state index contributed by atoms with van der Waals surface area (Å²) in [5, 5.41) is 5.87. The predicted octanol–water partition coefficient (Wildman–Crippen LogP) is 2.78. The molecular weight excluding hydrogens is 318 g/mol. The third-order valence-corrected chi connectivity index (χ3v) is 4.61. The molecule has 2 N–H and O–H groups in total. The van der Waals surface area contributed by atoms with Crippen LogP contribution < -0.4 is 10.6 Å². The first-order valence-corrected chi connectivity index (χ1v) is 8.96. The first-order chi connectivity index (χ1) is 12.1. The van der Waals surface area contributed by atoms with Crippen LogP contribution in [0, 0.1) is 12.8 Å². The number of piperidine rings is 1. The molecule has 0 unspecified atom stereocenters. The smallest absolute Gasteiger partial charge is 0.321 e. The number of hydrogen-bond acceptors (Lipinski definition) is 3. The number of methoxy groups -OCH3 is 1. The fraction of sp³-hybridized carbons (Fsp3) is 0.579. The second-order valence-corrected chi connectivity index (χ2v) is 6.61. The summed E-state index contributed by atoms with van der Waals surface area (Å²) in [5.41, 5.74) is 2.00. The molecule has 25 heavy (non-hydrogen) atoms. The molecule has 3 amide bonds. The number of likely N-dealkylation sites (tertiary alicyclic amines) is 1. The second kappa shape index (κ2) is 10.0. The summed E-state index contributed by atoms with van der Waals surface area (Å²) in [7, 11) is 1.59. The van der Waals surface area contributed by atoms with Crippen molar-refractivity contribution in [1.29, 1.82) is 0 Å². The van der Waals surface area contributed by atoms with E-state index in [9.17, 15) is 9.59 Å². The van der Waals surface area contributed by atoms with Crippen LogP contribution in [0.5, 0.6) is 0 Å². The van der Waals surface area contributed by atoms with Crippen LogP contribution in [0.2, 0.25) is 0 Å². The minimum Gasteiger partial charge on any atom is -0.384 e. The standard InChI is InChI=1S/C19H29N3O3/c1-15-3-5-17(6-4-15)21-19(24)22-12-8-16(9-13-22)7-11-20-18(23)10-14-25-2/h3-6,16H,7-14H2,1-2H3,(H,20,23)(H,21,24). The summed E-state index contributed by atoms with van der Waals surface area (Å²) in [6, 6.07) is 7.79. The highest BCUT2D eigenvalue weighted by Crippen LogP contribution is 2.21. The van der Waals surface area contributed by atoms with Gasteiger partial charge in [-0.05, 0) is 44.2 Å². The maximum absolute atomic E-state index is 12.3. The van der Waals surface area contributed by atoms with Crippen molar-refractivity contribution in [2.75, 3.05) is 38.7 Å². The molecular formula is C19H29N3O3. The zero-order valence-electron chi connectivity index (χ0n) is 15.2. The van der Waals surface area contributed by atoms with E-state index >= 15 is 0 Å². The lowest BCUT2D eigenvalue weighted by Gasteiger charge is -2.32. The highest BCUT2D eigenvalue weighted by molar-refractivity contribution is 5.89. The molecule has 6 nitrogen and oxygen atoms in total. The number of nitrogens with zero attached hydrogens (tertiary/aromatic N) is 1. The largest absolute Gasteiger partial charge is 0.384 e. The van der Waals surface area contributed by atoms with Gasteiger partial charge in [0.2, 0.25) is 5.91 Å². The minimum atomic E-state index is -0.0322. The molecule has 1 aliphatic heterocycles. The van der Waals surface area contributed by atoms with Crippen LogP contribution in [-0.4, -0.2) is 50.2 Å². The quantitative estimate of drug-likeness (QED) is 0.797. The maximum atomic E-state index is 12.3. The monoisotopic (exact) mass is 347 g/mol. The van der Waals surface area contributed by atoms with Gasteiger partial charge in [0.05, 0.1) is 6.61 Å². The van der Waals surface area contributed by atoms with E-state index in [1.54, 1.807) is 7.11 Å². The molecule has 0 atom stereocenters. The van der Waals surface area contributed by atoms with Gasteiger partial charge in [0.25, 0.3) is 0 Å². The van der Waals surface area contributed by atoms with Gasteiger partial charge in [-0.25, -0.2) is 4.79 Å². The molecule has 1 fully saturated rings. The number of ether oxygens (including phenoxy) is 1. The van der Waals surface area contributed by atoms with Crippen LogP contribution in [-0.2, 0) is 9.53 Å². The molecule has 0 aliphatic carbocycles. The summed E-state index contributed by atoms with van der Waals surface area (Å²) in [4.78, 5) is 25.7. The SMILES string of the molecule is COCCC(=O)NCCC1CCN(C(=O)Nc2ccc(C)cc2)CC1. The Labute approximate surface area is 149 Å². The van der Waals surface area contributed by atoms with Crippen molar-refractivity contribution in [3.63, 3.8) is 0 Å². The number of hydrogen-bond donors (Lipinski definition) is 2. The average molecular weight is 347 g/mol. The second-order valence-electron chi connectivity index (χ2n) is 6.61. The number of carbonyl (C=O) groups excluding carboxylic acids is 2. The van der Waals surface area contributed by atoms with Gasteiger partial charge in [0.15, 0.2) is 0 Å². The molecule has 0 radical (unpaired) electrons. The third kappa shape index (κ3) is 6.74. The van der Waals surface area contributed by atoms with Crippen LogP contribution in [0.1, 0.15) is 31.2 Å². The summed E-state index contributed by atoms with van der Waals surface area (Å²) in [6.07, 6.45) is 3.34. The zero-order chi connectivity index (χ0) is 18.1. The Bertz CT molecular complexity index is 552. The highest BCUT2D eigenvalue weighted by Gasteiger charge is 2.22. The van der Waals surface area contributed by atoms with Gasteiger partial charge in [0.1, 0.15) is 0 Å². The molecule has 1 saturated heterocycles. The third-order valence-electron chi connectivity index (χ3n) is 4.61. The van der Waals surface area contributed by atoms with Gasteiger partial charge in [-0.15, -0.1) is 0 Å². The van der Waals surface area contributed by atoms with E-state index in [2.05, 4.69) is 10.6 Å². The van der Waals surface area contributed by atoms with Crippen LogP contribution in [0.4, 0.5) is 10.5 Å². The van der Waals surface area contributed by atoms with Crippen molar-refractivity contribution >= 4 is 17.6 Å². The first-order valence-electron chi connectivity index (χ1n) is 8.96. The molecule has 1 aliphatic rings. The summed E-state index contributed by atoms with van der Waals surface area (Å²) in [5.74, 6) is 0.600. The van der Waals surface area contributed by atoms with Crippen molar-refractivity contribution in [2.45, 2.75) is 32.6 Å². The van der Waals surface area contributed by atoms with Crippen molar-refractivity contribution in [1.82, 2.24) is 10.2 Å². The number of carbonyl (C=O) groups is 2. The normalized spacial score (nSPS) is 15.0. The van der Waals surface area contributed by atoms with Crippen molar-refractivity contribution in [2.24, 2.45) is 5.92 Å². The van der Waals surface area contributed by atoms with Gasteiger partial charge < -0.3 is 20.3 Å². The lowest BCUT2D eigenvalue weighted by molar-refractivity contribution is -0.122. The van der Waals surface area contributed by atoms with Gasteiger partial charge >= 0.3 is 6.03 Å². The first kappa shape index (κ1) is 19.2.